The molecule has 0 radical (unpaired) electrons. The van der Waals surface area contributed by atoms with Gasteiger partial charge in [0.05, 0.1) is 5.75 Å². The molecule has 0 aliphatic heterocycles. The van der Waals surface area contributed by atoms with Crippen molar-refractivity contribution >= 4 is 47.7 Å². The highest BCUT2D eigenvalue weighted by Gasteiger charge is 2.46. The summed E-state index contributed by atoms with van der Waals surface area (Å²) < 4.78 is 20.2. The fraction of sp³-hybridized carbons (Fsp3) is 0.0556. The molecule has 0 unspecified atom stereocenters. The van der Waals surface area contributed by atoms with Crippen LogP contribution in [0.25, 0.3) is 43.7 Å². The molecule has 2 aromatic heterocycles. The van der Waals surface area contributed by atoms with E-state index in [4.69, 9.17) is 21.3 Å². The molecule has 0 amide bonds. The number of para-hydroxylation sites is 2. The number of fused-ring (bicyclic) bond motifs is 3. The topological polar surface area (TPSA) is 53.5 Å². The first-order chi connectivity index (χ1) is 20.6. The first kappa shape index (κ1) is 26.0. The molecule has 7 rings (SSSR count). The van der Waals surface area contributed by atoms with E-state index in [1.165, 1.54) is 0 Å². The quantitative estimate of drug-likeness (QED) is 0.182. The fourth-order valence-corrected chi connectivity index (χ4v) is 6.60. The van der Waals surface area contributed by atoms with Gasteiger partial charge in [0.1, 0.15) is 22.5 Å². The zero-order valence-electron chi connectivity index (χ0n) is 23.3. The summed E-state index contributed by atoms with van der Waals surface area (Å²) in [4.78, 5) is 9.57. The Morgan fingerprint density at radius 1 is 0.452 bits per heavy atom. The summed E-state index contributed by atoms with van der Waals surface area (Å²) >= 11 is -2.97. The molecule has 0 aliphatic carbocycles. The average molecular weight is 563 g/mol. The van der Waals surface area contributed by atoms with Gasteiger partial charge in [-0.05, 0) is 60.5 Å². The van der Waals surface area contributed by atoms with Crippen LogP contribution in [0.4, 0.5) is 0 Å². The van der Waals surface area contributed by atoms with Gasteiger partial charge < -0.3 is 11.4 Å². The lowest BCUT2D eigenvalue weighted by atomic mass is 9.97. The van der Waals surface area contributed by atoms with Gasteiger partial charge in [0.2, 0.25) is 0 Å². The number of benzene rings is 5. The SMILES string of the molecule is Cc1ccc2cccc([O][Al]([O]c3ccc4ccccc4c3-c3ccccc3)[O]c3cccc4ccc(C)nc34)c2n1. The van der Waals surface area contributed by atoms with Crippen molar-refractivity contribution in [3.8, 4) is 28.4 Å². The molecule has 5 nitrogen and oxygen atoms in total. The lowest BCUT2D eigenvalue weighted by Gasteiger charge is -2.21. The highest BCUT2D eigenvalue weighted by Crippen LogP contribution is 2.38. The van der Waals surface area contributed by atoms with Crippen LogP contribution in [0, 0.1) is 13.8 Å². The van der Waals surface area contributed by atoms with Crippen molar-refractivity contribution in [2.45, 2.75) is 13.8 Å². The first-order valence-electron chi connectivity index (χ1n) is 13.9. The van der Waals surface area contributed by atoms with Gasteiger partial charge in [-0.2, -0.15) is 0 Å². The van der Waals surface area contributed by atoms with Crippen LogP contribution in [0.15, 0.2) is 127 Å². The second-order valence-corrected chi connectivity index (χ2v) is 11.5. The minimum absolute atomic E-state index is 0.624. The highest BCUT2D eigenvalue weighted by molar-refractivity contribution is 6.40. The van der Waals surface area contributed by atoms with E-state index in [1.54, 1.807) is 0 Å². The van der Waals surface area contributed by atoms with Gasteiger partial charge in [0, 0.05) is 27.7 Å². The Morgan fingerprint density at radius 3 is 1.62 bits per heavy atom. The highest BCUT2D eigenvalue weighted by atomic mass is 27.3. The van der Waals surface area contributed by atoms with Crippen LogP contribution in [-0.4, -0.2) is 25.1 Å². The standard InChI is InChI=1S/C16H12O.2C10H9NO.Al/c17-15-11-10-12-6-4-5-9-14(12)16(15)13-7-2-1-3-8-13;2*1-7-5-6-8-3-2-4-9(12)10(8)11-7;/h1-11,17H;2*2-6,12H,1H3;/q;;;+3/p-3. The molecular formula is C36H27AlN2O3. The second kappa shape index (κ2) is 11.2. The van der Waals surface area contributed by atoms with E-state index in [-0.39, 0.29) is 0 Å². The van der Waals surface area contributed by atoms with E-state index in [0.717, 1.165) is 55.1 Å². The van der Waals surface area contributed by atoms with Crippen LogP contribution in [0.3, 0.4) is 0 Å². The maximum Gasteiger partial charge on any atom is 1.20 e. The molecule has 42 heavy (non-hydrogen) atoms. The van der Waals surface area contributed by atoms with Crippen LogP contribution < -0.4 is 11.4 Å². The van der Waals surface area contributed by atoms with Crippen molar-refractivity contribution in [3.05, 3.63) is 139 Å². The predicted octanol–water partition coefficient (Wildman–Crippen LogP) is 8.74. The van der Waals surface area contributed by atoms with Crippen molar-refractivity contribution in [1.29, 1.82) is 0 Å². The fourth-order valence-electron chi connectivity index (χ4n) is 5.26. The smallest absolute Gasteiger partial charge is 0.577 e. The number of rotatable bonds is 7. The maximum atomic E-state index is 6.81. The van der Waals surface area contributed by atoms with Gasteiger partial charge in [-0.25, -0.2) is 9.97 Å². The van der Waals surface area contributed by atoms with Crippen molar-refractivity contribution in [3.63, 3.8) is 0 Å². The van der Waals surface area contributed by atoms with Gasteiger partial charge in [-0.15, -0.1) is 0 Å². The number of hydrogen-bond donors (Lipinski definition) is 0. The third-order valence-corrected chi connectivity index (χ3v) is 8.61. The summed E-state index contributed by atoms with van der Waals surface area (Å²) in [6, 6.07) is 42.7. The van der Waals surface area contributed by atoms with Crippen LogP contribution in [0.1, 0.15) is 11.4 Å². The minimum atomic E-state index is -2.97. The first-order valence-corrected chi connectivity index (χ1v) is 15.3. The van der Waals surface area contributed by atoms with E-state index in [0.29, 0.717) is 17.2 Å². The lowest BCUT2D eigenvalue weighted by molar-refractivity contribution is 0.310. The maximum absolute atomic E-state index is 6.81. The molecule has 7 aromatic rings. The van der Waals surface area contributed by atoms with Crippen molar-refractivity contribution in [2.75, 3.05) is 0 Å². The Bertz CT molecular complexity index is 1980. The van der Waals surface area contributed by atoms with E-state index in [9.17, 15) is 0 Å². The van der Waals surface area contributed by atoms with E-state index < -0.39 is 15.1 Å². The molecule has 202 valence electrons. The number of hydrogen-bond acceptors (Lipinski definition) is 5. The normalized spacial score (nSPS) is 11.1. The third-order valence-electron chi connectivity index (χ3n) is 7.27. The molecule has 0 N–H and O–H groups in total. The molecule has 0 fully saturated rings. The molecule has 0 atom stereocenters. The van der Waals surface area contributed by atoms with Gasteiger partial charge >= 0.3 is 15.1 Å². The largest absolute Gasteiger partial charge is 1.20 e. The summed E-state index contributed by atoms with van der Waals surface area (Å²) in [5.41, 5.74) is 5.42. The Balaban J connectivity index is 1.36. The van der Waals surface area contributed by atoms with Crippen LogP contribution >= 0.6 is 0 Å². The monoisotopic (exact) mass is 562 g/mol. The van der Waals surface area contributed by atoms with E-state index in [1.807, 2.05) is 92.7 Å². The third kappa shape index (κ3) is 5.15. The summed E-state index contributed by atoms with van der Waals surface area (Å²) in [6.07, 6.45) is 0. The van der Waals surface area contributed by atoms with Gasteiger partial charge in [-0.1, -0.05) is 97.1 Å². The molecule has 0 bridgehead atoms. The summed E-state index contributed by atoms with van der Waals surface area (Å²) in [5.74, 6) is 1.95. The van der Waals surface area contributed by atoms with Crippen molar-refractivity contribution < 1.29 is 11.4 Å². The second-order valence-electron chi connectivity index (χ2n) is 10.2. The molecule has 0 saturated carbocycles. The number of pyridine rings is 2. The van der Waals surface area contributed by atoms with Crippen molar-refractivity contribution in [2.24, 2.45) is 0 Å². The predicted molar refractivity (Wildman–Crippen MR) is 170 cm³/mol. The van der Waals surface area contributed by atoms with Crippen LogP contribution in [0.2, 0.25) is 0 Å². The lowest BCUT2D eigenvalue weighted by Crippen LogP contribution is -2.37. The van der Waals surface area contributed by atoms with E-state index in [2.05, 4.69) is 48.5 Å². The Kier molecular flexibility index (Phi) is 6.93. The Morgan fingerprint density at radius 2 is 0.976 bits per heavy atom. The number of aromatic nitrogens is 2. The van der Waals surface area contributed by atoms with Crippen LogP contribution in [0.5, 0.6) is 17.2 Å². The molecule has 0 aliphatic rings. The number of nitrogens with zero attached hydrogens (tertiary/aromatic N) is 2. The van der Waals surface area contributed by atoms with Crippen molar-refractivity contribution in [1.82, 2.24) is 9.97 Å². The average Bonchev–Trinajstić information content (AvgIpc) is 3.02. The molecule has 0 spiro atoms. The summed E-state index contributed by atoms with van der Waals surface area (Å²) in [6.45, 7) is 3.95. The van der Waals surface area contributed by atoms with Crippen LogP contribution in [-0.2, 0) is 0 Å². The molecular weight excluding hydrogens is 535 g/mol. The Hall–Kier alpha value is -4.89. The molecule has 5 aromatic carbocycles. The Labute approximate surface area is 249 Å². The zero-order chi connectivity index (χ0) is 28.5. The minimum Gasteiger partial charge on any atom is -0.577 e. The van der Waals surface area contributed by atoms with E-state index >= 15 is 0 Å². The molecule has 2 heterocycles. The van der Waals surface area contributed by atoms with Gasteiger partial charge in [0.25, 0.3) is 0 Å². The number of aryl methyl sites for hydroxylation is 2. The summed E-state index contributed by atoms with van der Waals surface area (Å²) in [7, 11) is 0. The molecule has 0 saturated heterocycles. The molecule has 6 heteroatoms. The van der Waals surface area contributed by atoms with Gasteiger partial charge in [0.15, 0.2) is 0 Å². The van der Waals surface area contributed by atoms with Gasteiger partial charge in [-0.3, -0.25) is 0 Å². The zero-order valence-corrected chi connectivity index (χ0v) is 24.5. The summed E-state index contributed by atoms with van der Waals surface area (Å²) in [5, 5.41) is 4.21.